The molecule has 4 rings (SSSR count). The third-order valence-corrected chi connectivity index (χ3v) is 6.70. The standard InChI is InChI=1S/C30H31NO4/c1-17-7-15-26(33)28(20(17)4)31(29-21(5)18(2)8-16-27(29)34)23-10-12-24(13-11-23)35-30-19(3)9-14-25(32)22(30)6/h7-16,32-34H,1-6H3. The maximum atomic E-state index is 10.9. The average Bonchev–Trinajstić information content (AvgIpc) is 2.84. The zero-order valence-corrected chi connectivity index (χ0v) is 21.0. The third-order valence-electron chi connectivity index (χ3n) is 6.70. The molecule has 0 unspecified atom stereocenters. The lowest BCUT2D eigenvalue weighted by Crippen LogP contribution is -2.14. The number of aromatic hydroxyl groups is 3. The zero-order chi connectivity index (χ0) is 25.4. The molecule has 0 fully saturated rings. The molecule has 3 N–H and O–H groups in total. The summed E-state index contributed by atoms with van der Waals surface area (Å²) in [6.45, 7) is 11.7. The zero-order valence-electron chi connectivity index (χ0n) is 21.0. The topological polar surface area (TPSA) is 73.2 Å². The molecule has 4 aromatic carbocycles. The van der Waals surface area contributed by atoms with Crippen molar-refractivity contribution in [2.75, 3.05) is 4.90 Å². The molecule has 0 saturated heterocycles. The summed E-state index contributed by atoms with van der Waals surface area (Å²) in [5.74, 6) is 1.67. The summed E-state index contributed by atoms with van der Waals surface area (Å²) in [6.07, 6.45) is 0. The molecule has 180 valence electrons. The van der Waals surface area contributed by atoms with E-state index in [0.717, 1.165) is 33.5 Å². The number of benzene rings is 4. The van der Waals surface area contributed by atoms with Crippen LogP contribution in [0.1, 0.15) is 33.4 Å². The lowest BCUT2D eigenvalue weighted by Gasteiger charge is -2.30. The summed E-state index contributed by atoms with van der Waals surface area (Å²) < 4.78 is 6.12. The van der Waals surface area contributed by atoms with Gasteiger partial charge in [0.05, 0.1) is 11.4 Å². The predicted octanol–water partition coefficient (Wildman–Crippen LogP) is 7.92. The number of phenols is 3. The monoisotopic (exact) mass is 469 g/mol. The van der Waals surface area contributed by atoms with Crippen molar-refractivity contribution in [1.29, 1.82) is 0 Å². The van der Waals surface area contributed by atoms with Crippen LogP contribution < -0.4 is 9.64 Å². The van der Waals surface area contributed by atoms with Crippen LogP contribution in [0.5, 0.6) is 28.7 Å². The van der Waals surface area contributed by atoms with Gasteiger partial charge in [-0.25, -0.2) is 0 Å². The van der Waals surface area contributed by atoms with Crippen molar-refractivity contribution in [1.82, 2.24) is 0 Å². The Balaban J connectivity index is 1.86. The number of hydrogen-bond acceptors (Lipinski definition) is 5. The largest absolute Gasteiger partial charge is 0.508 e. The number of aryl methyl sites for hydroxylation is 3. The maximum absolute atomic E-state index is 10.9. The lowest BCUT2D eigenvalue weighted by molar-refractivity contribution is 0.446. The number of phenolic OH excluding ortho intramolecular Hbond substituents is 3. The van der Waals surface area contributed by atoms with Crippen LogP contribution in [0.15, 0.2) is 60.7 Å². The van der Waals surface area contributed by atoms with Crippen molar-refractivity contribution in [2.45, 2.75) is 41.5 Å². The maximum Gasteiger partial charge on any atom is 0.139 e. The summed E-state index contributed by atoms with van der Waals surface area (Å²) in [5.41, 5.74) is 7.47. The number of nitrogens with zero attached hydrogens (tertiary/aromatic N) is 1. The highest BCUT2D eigenvalue weighted by atomic mass is 16.5. The summed E-state index contributed by atoms with van der Waals surface area (Å²) in [4.78, 5) is 1.89. The minimum absolute atomic E-state index is 0.125. The number of anilines is 3. The van der Waals surface area contributed by atoms with Gasteiger partial charge in [0.25, 0.3) is 0 Å². The molecule has 0 aliphatic carbocycles. The minimum atomic E-state index is 0.125. The first-order valence-electron chi connectivity index (χ1n) is 11.6. The summed E-state index contributed by atoms with van der Waals surface area (Å²) in [6, 6.07) is 18.1. The predicted molar refractivity (Wildman–Crippen MR) is 141 cm³/mol. The van der Waals surface area contributed by atoms with Crippen molar-refractivity contribution in [3.05, 3.63) is 94.0 Å². The normalized spacial score (nSPS) is 10.9. The Bertz CT molecular complexity index is 1350. The Morgan fingerprint density at radius 1 is 0.514 bits per heavy atom. The van der Waals surface area contributed by atoms with Gasteiger partial charge in [0.1, 0.15) is 28.7 Å². The minimum Gasteiger partial charge on any atom is -0.508 e. The third kappa shape index (κ3) is 4.37. The average molecular weight is 470 g/mol. The Morgan fingerprint density at radius 2 is 0.971 bits per heavy atom. The molecule has 0 aromatic heterocycles. The first kappa shape index (κ1) is 24.0. The second-order valence-electron chi connectivity index (χ2n) is 9.04. The molecule has 4 aromatic rings. The molecule has 0 amide bonds. The fourth-order valence-electron chi connectivity index (χ4n) is 4.26. The van der Waals surface area contributed by atoms with Crippen LogP contribution >= 0.6 is 0 Å². The SMILES string of the molecule is Cc1ccc(O)c(N(c2ccc(Oc3c(C)ccc(O)c3C)cc2)c2c(O)ccc(C)c2C)c1C. The lowest BCUT2D eigenvalue weighted by atomic mass is 10.0. The second kappa shape index (κ2) is 9.26. The van der Waals surface area contributed by atoms with Gasteiger partial charge in [-0.1, -0.05) is 18.2 Å². The van der Waals surface area contributed by atoms with E-state index in [1.54, 1.807) is 18.2 Å². The Labute approximate surface area is 206 Å². The molecule has 5 heteroatoms. The number of rotatable bonds is 5. The second-order valence-corrected chi connectivity index (χ2v) is 9.04. The quantitative estimate of drug-likeness (QED) is 0.277. The summed E-state index contributed by atoms with van der Waals surface area (Å²) >= 11 is 0. The van der Waals surface area contributed by atoms with Crippen LogP contribution in [-0.4, -0.2) is 15.3 Å². The molecule has 0 aliphatic rings. The van der Waals surface area contributed by atoms with E-state index in [1.807, 2.05) is 88.9 Å². The Morgan fingerprint density at radius 3 is 1.49 bits per heavy atom. The Kier molecular flexibility index (Phi) is 6.35. The van der Waals surface area contributed by atoms with Crippen LogP contribution in [0.3, 0.4) is 0 Å². The van der Waals surface area contributed by atoms with Gasteiger partial charge in [-0.05, 0) is 112 Å². The van der Waals surface area contributed by atoms with Crippen LogP contribution in [0.25, 0.3) is 0 Å². The van der Waals surface area contributed by atoms with Gasteiger partial charge >= 0.3 is 0 Å². The fourth-order valence-corrected chi connectivity index (χ4v) is 4.26. The molecule has 0 aliphatic heterocycles. The van der Waals surface area contributed by atoms with Gasteiger partial charge in [-0.15, -0.1) is 0 Å². The Hall–Kier alpha value is -4.12. The molecule has 0 bridgehead atoms. The van der Waals surface area contributed by atoms with Gasteiger partial charge < -0.3 is 25.0 Å². The molecule has 0 heterocycles. The number of hydrogen-bond donors (Lipinski definition) is 3. The molecule has 0 saturated carbocycles. The van der Waals surface area contributed by atoms with E-state index in [9.17, 15) is 15.3 Å². The smallest absolute Gasteiger partial charge is 0.139 e. The first-order valence-corrected chi connectivity index (χ1v) is 11.6. The van der Waals surface area contributed by atoms with Gasteiger partial charge in [-0.3, -0.25) is 0 Å². The van der Waals surface area contributed by atoms with E-state index in [0.29, 0.717) is 28.4 Å². The summed E-state index contributed by atoms with van der Waals surface area (Å²) in [7, 11) is 0. The summed E-state index contributed by atoms with van der Waals surface area (Å²) in [5, 5.41) is 31.9. The fraction of sp³-hybridized carbons (Fsp3) is 0.200. The molecule has 0 spiro atoms. The molecule has 35 heavy (non-hydrogen) atoms. The van der Waals surface area contributed by atoms with Gasteiger partial charge in [0, 0.05) is 11.3 Å². The van der Waals surface area contributed by atoms with Crippen molar-refractivity contribution < 1.29 is 20.1 Å². The van der Waals surface area contributed by atoms with E-state index in [-0.39, 0.29) is 17.2 Å². The van der Waals surface area contributed by atoms with Gasteiger partial charge in [0.15, 0.2) is 0 Å². The highest BCUT2D eigenvalue weighted by Gasteiger charge is 2.24. The van der Waals surface area contributed by atoms with Crippen molar-refractivity contribution in [2.24, 2.45) is 0 Å². The van der Waals surface area contributed by atoms with Crippen molar-refractivity contribution in [3.63, 3.8) is 0 Å². The highest BCUT2D eigenvalue weighted by molar-refractivity contribution is 5.87. The molecule has 0 radical (unpaired) electrons. The van der Waals surface area contributed by atoms with Gasteiger partial charge in [-0.2, -0.15) is 0 Å². The molecular formula is C30H31NO4. The van der Waals surface area contributed by atoms with E-state index in [1.165, 1.54) is 0 Å². The molecular weight excluding hydrogens is 438 g/mol. The molecule has 5 nitrogen and oxygen atoms in total. The number of ether oxygens (including phenoxy) is 1. The van der Waals surface area contributed by atoms with Crippen molar-refractivity contribution in [3.8, 4) is 28.7 Å². The van der Waals surface area contributed by atoms with E-state index >= 15 is 0 Å². The molecule has 0 atom stereocenters. The first-order chi connectivity index (χ1) is 16.6. The van der Waals surface area contributed by atoms with Crippen molar-refractivity contribution >= 4 is 17.1 Å². The van der Waals surface area contributed by atoms with Crippen LogP contribution in [-0.2, 0) is 0 Å². The van der Waals surface area contributed by atoms with E-state index < -0.39 is 0 Å². The van der Waals surface area contributed by atoms with E-state index in [2.05, 4.69) is 0 Å². The van der Waals surface area contributed by atoms with Crippen LogP contribution in [0.4, 0.5) is 17.1 Å². The highest BCUT2D eigenvalue weighted by Crippen LogP contribution is 2.48. The van der Waals surface area contributed by atoms with Crippen LogP contribution in [0.2, 0.25) is 0 Å². The van der Waals surface area contributed by atoms with Gasteiger partial charge in [0.2, 0.25) is 0 Å². The van der Waals surface area contributed by atoms with Crippen LogP contribution in [0, 0.1) is 41.5 Å². The van der Waals surface area contributed by atoms with E-state index in [4.69, 9.17) is 4.74 Å².